The summed E-state index contributed by atoms with van der Waals surface area (Å²) in [4.78, 5) is 12.7. The predicted octanol–water partition coefficient (Wildman–Crippen LogP) is 3.47. The number of rotatable bonds is 1. The van der Waals surface area contributed by atoms with Crippen LogP contribution in [0.15, 0.2) is 18.2 Å². The molecule has 19 heavy (non-hydrogen) atoms. The Morgan fingerprint density at radius 2 is 1.89 bits per heavy atom. The number of carbonyl (C=O) groups excluding carboxylic acids is 1. The number of aryl methyl sites for hydroxylation is 2. The Kier molecular flexibility index (Phi) is 3.43. The molecule has 1 atom stereocenters. The number of carbonyl (C=O) groups is 1. The lowest BCUT2D eigenvalue weighted by molar-refractivity contribution is -0.198. The zero-order valence-electron chi connectivity index (χ0n) is 10.7. The Morgan fingerprint density at radius 1 is 1.32 bits per heavy atom. The van der Waals surface area contributed by atoms with Gasteiger partial charge in [-0.05, 0) is 31.4 Å². The number of amides is 2. The third kappa shape index (κ3) is 2.67. The molecular formula is C13H15F3N2O. The number of hydrogen-bond acceptors (Lipinski definition) is 1. The van der Waals surface area contributed by atoms with E-state index in [1.54, 1.807) is 26.0 Å². The predicted molar refractivity (Wildman–Crippen MR) is 66.1 cm³/mol. The number of anilines is 1. The summed E-state index contributed by atoms with van der Waals surface area (Å²) < 4.78 is 37.8. The first-order chi connectivity index (χ1) is 8.80. The summed E-state index contributed by atoms with van der Waals surface area (Å²) in [5.74, 6) is 0. The van der Waals surface area contributed by atoms with Gasteiger partial charge in [0.15, 0.2) is 0 Å². The maximum absolute atomic E-state index is 12.6. The Labute approximate surface area is 109 Å². The van der Waals surface area contributed by atoms with E-state index in [0.29, 0.717) is 5.69 Å². The van der Waals surface area contributed by atoms with E-state index in [0.717, 1.165) is 16.0 Å². The maximum atomic E-state index is 12.6. The molecule has 0 unspecified atom stereocenters. The Morgan fingerprint density at radius 3 is 2.32 bits per heavy atom. The van der Waals surface area contributed by atoms with Crippen LogP contribution in [0.2, 0.25) is 0 Å². The van der Waals surface area contributed by atoms with Crippen LogP contribution in [0.5, 0.6) is 0 Å². The molecule has 6 heteroatoms. The van der Waals surface area contributed by atoms with Crippen molar-refractivity contribution in [2.24, 2.45) is 0 Å². The lowest BCUT2D eigenvalue weighted by Gasteiger charge is -2.41. The molecule has 1 aliphatic rings. The molecule has 1 N–H and O–H groups in total. The number of likely N-dealkylation sites (tertiary alicyclic amines) is 1. The minimum absolute atomic E-state index is 0.0241. The summed E-state index contributed by atoms with van der Waals surface area (Å²) in [6.07, 6.45) is -4.37. The fourth-order valence-corrected chi connectivity index (χ4v) is 2.16. The molecule has 2 amide bonds. The van der Waals surface area contributed by atoms with Crippen molar-refractivity contribution in [3.05, 3.63) is 29.3 Å². The second-order valence-corrected chi connectivity index (χ2v) is 4.74. The second kappa shape index (κ2) is 4.75. The lowest BCUT2D eigenvalue weighted by atomic mass is 10.0. The fraction of sp³-hybridized carbons (Fsp3) is 0.462. The third-order valence-electron chi connectivity index (χ3n) is 3.37. The van der Waals surface area contributed by atoms with E-state index >= 15 is 0 Å². The highest BCUT2D eigenvalue weighted by molar-refractivity contribution is 5.91. The van der Waals surface area contributed by atoms with E-state index in [-0.39, 0.29) is 13.0 Å². The topological polar surface area (TPSA) is 32.3 Å². The zero-order valence-corrected chi connectivity index (χ0v) is 10.7. The van der Waals surface area contributed by atoms with Gasteiger partial charge in [-0.15, -0.1) is 0 Å². The van der Waals surface area contributed by atoms with Crippen LogP contribution in [0.25, 0.3) is 0 Å². The smallest absolute Gasteiger partial charge is 0.312 e. The molecule has 1 aromatic carbocycles. The standard InChI is InChI=1S/C13H15F3N2O/c1-8-4-3-5-9(2)11(8)17-12(19)18-7-6-10(18)13(14,15)16/h3-5,10H,6-7H2,1-2H3,(H,17,19)/t10-/m0/s1. The molecule has 1 fully saturated rings. The summed E-state index contributed by atoms with van der Waals surface area (Å²) >= 11 is 0. The highest BCUT2D eigenvalue weighted by Gasteiger charge is 2.50. The Balaban J connectivity index is 2.10. The van der Waals surface area contributed by atoms with Crippen LogP contribution in [0.3, 0.4) is 0 Å². The monoisotopic (exact) mass is 272 g/mol. The molecule has 0 aromatic heterocycles. The van der Waals surface area contributed by atoms with Gasteiger partial charge in [0, 0.05) is 12.2 Å². The third-order valence-corrected chi connectivity index (χ3v) is 3.37. The number of nitrogens with one attached hydrogen (secondary N) is 1. The van der Waals surface area contributed by atoms with Gasteiger partial charge in [-0.25, -0.2) is 4.79 Å². The van der Waals surface area contributed by atoms with E-state index < -0.39 is 18.2 Å². The molecule has 0 saturated carbocycles. The van der Waals surface area contributed by atoms with Gasteiger partial charge >= 0.3 is 12.2 Å². The normalized spacial score (nSPS) is 19.0. The van der Waals surface area contributed by atoms with Crippen molar-refractivity contribution in [1.29, 1.82) is 0 Å². The average molecular weight is 272 g/mol. The Hall–Kier alpha value is -1.72. The molecule has 0 radical (unpaired) electrons. The number of urea groups is 1. The van der Waals surface area contributed by atoms with E-state index in [4.69, 9.17) is 0 Å². The molecule has 2 rings (SSSR count). The summed E-state index contributed by atoms with van der Waals surface area (Å²) in [7, 11) is 0. The van der Waals surface area contributed by atoms with Gasteiger partial charge < -0.3 is 10.2 Å². The molecule has 104 valence electrons. The molecule has 0 aliphatic carbocycles. The van der Waals surface area contributed by atoms with Crippen LogP contribution in [-0.4, -0.2) is 29.7 Å². The molecule has 0 spiro atoms. The quantitative estimate of drug-likeness (QED) is 0.834. The highest BCUT2D eigenvalue weighted by atomic mass is 19.4. The van der Waals surface area contributed by atoms with Crippen LogP contribution in [-0.2, 0) is 0 Å². The van der Waals surface area contributed by atoms with E-state index in [1.165, 1.54) is 0 Å². The number of para-hydroxylation sites is 1. The van der Waals surface area contributed by atoms with Gasteiger partial charge in [0.05, 0.1) is 0 Å². The van der Waals surface area contributed by atoms with Gasteiger partial charge in [-0.3, -0.25) is 0 Å². The number of benzene rings is 1. The molecule has 0 bridgehead atoms. The lowest BCUT2D eigenvalue weighted by Crippen LogP contribution is -2.59. The number of nitrogens with zero attached hydrogens (tertiary/aromatic N) is 1. The van der Waals surface area contributed by atoms with Crippen LogP contribution in [0.1, 0.15) is 17.5 Å². The molecule has 1 saturated heterocycles. The average Bonchev–Trinajstić information content (AvgIpc) is 2.19. The highest BCUT2D eigenvalue weighted by Crippen LogP contribution is 2.34. The maximum Gasteiger partial charge on any atom is 0.408 e. The van der Waals surface area contributed by atoms with Crippen molar-refractivity contribution >= 4 is 11.7 Å². The summed E-state index contributed by atoms with van der Waals surface area (Å²) in [6, 6.07) is 3.10. The van der Waals surface area contributed by atoms with Crippen LogP contribution >= 0.6 is 0 Å². The molecular weight excluding hydrogens is 257 g/mol. The van der Waals surface area contributed by atoms with Gasteiger partial charge in [0.1, 0.15) is 6.04 Å². The van der Waals surface area contributed by atoms with E-state index in [9.17, 15) is 18.0 Å². The first-order valence-electron chi connectivity index (χ1n) is 6.01. The van der Waals surface area contributed by atoms with Crippen molar-refractivity contribution in [2.75, 3.05) is 11.9 Å². The fourth-order valence-electron chi connectivity index (χ4n) is 2.16. The van der Waals surface area contributed by atoms with Crippen molar-refractivity contribution in [3.63, 3.8) is 0 Å². The SMILES string of the molecule is Cc1cccc(C)c1NC(=O)N1CC[C@H]1C(F)(F)F. The molecule has 3 nitrogen and oxygen atoms in total. The van der Waals surface area contributed by atoms with E-state index in [2.05, 4.69) is 5.32 Å². The zero-order chi connectivity index (χ0) is 14.2. The van der Waals surface area contributed by atoms with Crippen molar-refractivity contribution in [2.45, 2.75) is 32.5 Å². The summed E-state index contributed by atoms with van der Waals surface area (Å²) in [6.45, 7) is 3.75. The largest absolute Gasteiger partial charge is 0.408 e. The van der Waals surface area contributed by atoms with Crippen LogP contribution < -0.4 is 5.32 Å². The van der Waals surface area contributed by atoms with Crippen molar-refractivity contribution in [1.82, 2.24) is 4.90 Å². The summed E-state index contributed by atoms with van der Waals surface area (Å²) in [5, 5.41) is 2.57. The van der Waals surface area contributed by atoms with Gasteiger partial charge in [-0.2, -0.15) is 13.2 Å². The Bertz CT molecular complexity index is 479. The first-order valence-corrected chi connectivity index (χ1v) is 6.01. The van der Waals surface area contributed by atoms with E-state index in [1.807, 2.05) is 6.07 Å². The minimum atomic E-state index is -4.35. The van der Waals surface area contributed by atoms with Crippen LogP contribution in [0.4, 0.5) is 23.7 Å². The van der Waals surface area contributed by atoms with Gasteiger partial charge in [0.25, 0.3) is 0 Å². The number of alkyl halides is 3. The second-order valence-electron chi connectivity index (χ2n) is 4.74. The number of hydrogen-bond donors (Lipinski definition) is 1. The minimum Gasteiger partial charge on any atom is -0.312 e. The van der Waals surface area contributed by atoms with Gasteiger partial charge in [0.2, 0.25) is 0 Å². The molecule has 1 heterocycles. The van der Waals surface area contributed by atoms with Crippen molar-refractivity contribution in [3.8, 4) is 0 Å². The number of halogens is 3. The summed E-state index contributed by atoms with van der Waals surface area (Å²) in [5.41, 5.74) is 2.25. The molecule has 1 aromatic rings. The van der Waals surface area contributed by atoms with Crippen molar-refractivity contribution < 1.29 is 18.0 Å². The van der Waals surface area contributed by atoms with Gasteiger partial charge in [-0.1, -0.05) is 18.2 Å². The molecule has 1 aliphatic heterocycles. The first kappa shape index (κ1) is 13.7. The van der Waals surface area contributed by atoms with Crippen LogP contribution in [0, 0.1) is 13.8 Å².